The molecule has 0 aliphatic heterocycles. The second-order valence-corrected chi connectivity index (χ2v) is 6.33. The highest BCUT2D eigenvalue weighted by atomic mass is 32.2. The van der Waals surface area contributed by atoms with Crippen molar-refractivity contribution in [2.45, 2.75) is 19.5 Å². The summed E-state index contributed by atoms with van der Waals surface area (Å²) in [5, 5.41) is 11.9. The minimum Gasteiger partial charge on any atom is -0.295 e. The average Bonchev–Trinajstić information content (AvgIpc) is 2.87. The lowest BCUT2D eigenvalue weighted by Crippen LogP contribution is -2.33. The van der Waals surface area contributed by atoms with Gasteiger partial charge in [-0.05, 0) is 36.5 Å². The van der Waals surface area contributed by atoms with Crippen molar-refractivity contribution in [2.75, 3.05) is 19.1 Å². The molecule has 1 aromatic carbocycles. The normalized spacial score (nSPS) is 14.4. The van der Waals surface area contributed by atoms with Gasteiger partial charge in [-0.2, -0.15) is 4.68 Å². The summed E-state index contributed by atoms with van der Waals surface area (Å²) < 4.78 is 13.0. The Labute approximate surface area is 121 Å². The highest BCUT2D eigenvalue weighted by Gasteiger charge is 2.15. The van der Waals surface area contributed by atoms with Crippen molar-refractivity contribution in [3.05, 3.63) is 36.2 Å². The summed E-state index contributed by atoms with van der Waals surface area (Å²) in [7, 11) is 1.18. The Morgan fingerprint density at radius 1 is 1.35 bits per heavy atom. The van der Waals surface area contributed by atoms with Gasteiger partial charge in [0.1, 0.15) is 0 Å². The highest BCUT2D eigenvalue weighted by Crippen LogP contribution is 2.10. The molecule has 0 amide bonds. The SMILES string of the molecule is C[C@H](C[S@@](C)=O)N(C)Cc1nnnn1-c1ccccc1. The summed E-state index contributed by atoms with van der Waals surface area (Å²) >= 11 is 0. The van der Waals surface area contributed by atoms with Crippen molar-refractivity contribution in [2.24, 2.45) is 0 Å². The molecule has 0 saturated heterocycles. The zero-order chi connectivity index (χ0) is 14.5. The highest BCUT2D eigenvalue weighted by molar-refractivity contribution is 7.84. The zero-order valence-electron chi connectivity index (χ0n) is 11.9. The number of nitrogens with zero attached hydrogens (tertiary/aromatic N) is 5. The van der Waals surface area contributed by atoms with Gasteiger partial charge in [0, 0.05) is 28.9 Å². The average molecular weight is 293 g/mol. The Balaban J connectivity index is 2.11. The van der Waals surface area contributed by atoms with E-state index in [-0.39, 0.29) is 6.04 Å². The van der Waals surface area contributed by atoms with E-state index in [9.17, 15) is 4.21 Å². The van der Waals surface area contributed by atoms with Gasteiger partial charge in [-0.25, -0.2) is 0 Å². The Morgan fingerprint density at radius 3 is 2.70 bits per heavy atom. The molecule has 0 aliphatic rings. The zero-order valence-corrected chi connectivity index (χ0v) is 12.7. The number of aromatic nitrogens is 4. The predicted octanol–water partition coefficient (Wildman–Crippen LogP) is 0.861. The lowest BCUT2D eigenvalue weighted by Gasteiger charge is -2.23. The summed E-state index contributed by atoms with van der Waals surface area (Å²) in [5.74, 6) is 1.41. The van der Waals surface area contributed by atoms with Crippen LogP contribution in [0.3, 0.4) is 0 Å². The largest absolute Gasteiger partial charge is 0.295 e. The van der Waals surface area contributed by atoms with Crippen molar-refractivity contribution in [1.29, 1.82) is 0 Å². The summed E-state index contributed by atoms with van der Waals surface area (Å²) in [5.41, 5.74) is 0.938. The lowest BCUT2D eigenvalue weighted by molar-refractivity contribution is 0.260. The third-order valence-corrected chi connectivity index (χ3v) is 4.11. The molecule has 2 rings (SSSR count). The summed E-state index contributed by atoms with van der Waals surface area (Å²) in [6, 6.07) is 10.00. The molecule has 2 aromatic rings. The van der Waals surface area contributed by atoms with Crippen LogP contribution in [0.25, 0.3) is 5.69 Å². The van der Waals surface area contributed by atoms with E-state index in [2.05, 4.69) is 27.3 Å². The minimum atomic E-state index is -0.806. The smallest absolute Gasteiger partial charge is 0.170 e. The predicted molar refractivity (Wildman–Crippen MR) is 79.0 cm³/mol. The van der Waals surface area contributed by atoms with Crippen LogP contribution in [0.4, 0.5) is 0 Å². The van der Waals surface area contributed by atoms with E-state index >= 15 is 0 Å². The van der Waals surface area contributed by atoms with E-state index in [4.69, 9.17) is 0 Å². The maximum absolute atomic E-state index is 11.3. The molecule has 108 valence electrons. The fraction of sp³-hybridized carbons (Fsp3) is 0.462. The number of tetrazole rings is 1. The maximum atomic E-state index is 11.3. The van der Waals surface area contributed by atoms with Gasteiger partial charge < -0.3 is 0 Å². The number of hydrogen-bond acceptors (Lipinski definition) is 5. The molecule has 0 saturated carbocycles. The van der Waals surface area contributed by atoms with Crippen LogP contribution in [0.2, 0.25) is 0 Å². The number of para-hydroxylation sites is 1. The standard InChI is InChI=1S/C13H19N5OS/c1-11(10-20(3)19)17(2)9-13-14-15-16-18(13)12-7-5-4-6-8-12/h4-8,11H,9-10H2,1-3H3/t11-,20-/m1/s1. The first-order valence-corrected chi connectivity index (χ1v) is 8.13. The molecular weight excluding hydrogens is 274 g/mol. The van der Waals surface area contributed by atoms with Crippen LogP contribution in [-0.4, -0.2) is 54.4 Å². The van der Waals surface area contributed by atoms with Crippen molar-refractivity contribution in [3.8, 4) is 5.69 Å². The first-order chi connectivity index (χ1) is 9.58. The second kappa shape index (κ2) is 6.71. The molecule has 0 N–H and O–H groups in total. The van der Waals surface area contributed by atoms with Crippen molar-refractivity contribution >= 4 is 10.8 Å². The van der Waals surface area contributed by atoms with Gasteiger partial charge >= 0.3 is 0 Å². The minimum absolute atomic E-state index is 0.210. The van der Waals surface area contributed by atoms with Crippen LogP contribution in [-0.2, 0) is 17.3 Å². The second-order valence-electron chi connectivity index (χ2n) is 4.85. The van der Waals surface area contributed by atoms with Gasteiger partial charge in [-0.15, -0.1) is 5.10 Å². The quantitative estimate of drug-likeness (QED) is 0.790. The van der Waals surface area contributed by atoms with Gasteiger partial charge in [0.15, 0.2) is 5.82 Å². The van der Waals surface area contributed by atoms with E-state index in [0.29, 0.717) is 12.3 Å². The molecular formula is C13H19N5OS. The molecule has 0 fully saturated rings. The Kier molecular flexibility index (Phi) is 4.97. The van der Waals surface area contributed by atoms with Crippen molar-refractivity contribution in [1.82, 2.24) is 25.1 Å². The topological polar surface area (TPSA) is 63.9 Å². The van der Waals surface area contributed by atoms with Crippen LogP contribution in [0, 0.1) is 0 Å². The molecule has 0 radical (unpaired) electrons. The van der Waals surface area contributed by atoms with Crippen LogP contribution >= 0.6 is 0 Å². The number of hydrogen-bond donors (Lipinski definition) is 0. The molecule has 1 aromatic heterocycles. The summed E-state index contributed by atoms with van der Waals surface area (Å²) in [6.07, 6.45) is 1.72. The van der Waals surface area contributed by atoms with E-state index in [1.165, 1.54) is 0 Å². The molecule has 0 unspecified atom stereocenters. The Morgan fingerprint density at radius 2 is 2.05 bits per heavy atom. The molecule has 6 nitrogen and oxygen atoms in total. The molecule has 2 atom stereocenters. The first-order valence-electron chi connectivity index (χ1n) is 6.41. The van der Waals surface area contributed by atoms with Gasteiger partial charge in [-0.3, -0.25) is 9.11 Å². The molecule has 20 heavy (non-hydrogen) atoms. The molecule has 0 aliphatic carbocycles. The number of rotatable bonds is 6. The maximum Gasteiger partial charge on any atom is 0.170 e. The third kappa shape index (κ3) is 3.71. The van der Waals surface area contributed by atoms with Crippen molar-refractivity contribution < 1.29 is 4.21 Å². The van der Waals surface area contributed by atoms with Gasteiger partial charge in [0.25, 0.3) is 0 Å². The molecule has 1 heterocycles. The number of benzene rings is 1. The fourth-order valence-corrected chi connectivity index (χ4v) is 2.85. The molecule has 7 heteroatoms. The van der Waals surface area contributed by atoms with E-state index in [1.54, 1.807) is 10.9 Å². The Bertz CT molecular complexity index is 571. The fourth-order valence-electron chi connectivity index (χ4n) is 1.92. The third-order valence-electron chi connectivity index (χ3n) is 3.15. The van der Waals surface area contributed by atoms with Gasteiger partial charge in [0.2, 0.25) is 0 Å². The van der Waals surface area contributed by atoms with Crippen LogP contribution < -0.4 is 0 Å². The van der Waals surface area contributed by atoms with E-state index < -0.39 is 10.8 Å². The Hall–Kier alpha value is -1.60. The van der Waals surface area contributed by atoms with Crippen LogP contribution in [0.5, 0.6) is 0 Å². The molecule has 0 bridgehead atoms. The summed E-state index contributed by atoms with van der Waals surface area (Å²) in [6.45, 7) is 2.66. The van der Waals surface area contributed by atoms with E-state index in [0.717, 1.165) is 11.5 Å². The van der Waals surface area contributed by atoms with Crippen LogP contribution in [0.1, 0.15) is 12.7 Å². The van der Waals surface area contributed by atoms with E-state index in [1.807, 2.05) is 37.4 Å². The first kappa shape index (κ1) is 14.8. The van der Waals surface area contributed by atoms with Crippen molar-refractivity contribution in [3.63, 3.8) is 0 Å². The summed E-state index contributed by atoms with van der Waals surface area (Å²) in [4.78, 5) is 2.10. The van der Waals surface area contributed by atoms with Gasteiger partial charge in [-0.1, -0.05) is 18.2 Å². The molecule has 0 spiro atoms. The lowest BCUT2D eigenvalue weighted by atomic mass is 10.3. The monoisotopic (exact) mass is 293 g/mol. The van der Waals surface area contributed by atoms with Crippen LogP contribution in [0.15, 0.2) is 30.3 Å². The van der Waals surface area contributed by atoms with Gasteiger partial charge in [0.05, 0.1) is 12.2 Å².